The van der Waals surface area contributed by atoms with Gasteiger partial charge in [0, 0.05) is 6.07 Å². The first-order valence-corrected chi connectivity index (χ1v) is 6.94. The molecule has 130 valence electrons. The van der Waals surface area contributed by atoms with E-state index in [-0.39, 0.29) is 16.1 Å². The standard InChI is InChI=1S/C14H7ClF3N3O4/c15-6-2-1-3-7(25-14(16,17)18)10(6)21-8(22)4-5-9(11(21)19)13(24)20-12(5)23/h1-4H,19H2,(H,20,23,24). The fourth-order valence-electron chi connectivity index (χ4n) is 2.43. The van der Waals surface area contributed by atoms with E-state index in [1.807, 2.05) is 5.32 Å². The van der Waals surface area contributed by atoms with Gasteiger partial charge in [-0.15, -0.1) is 13.2 Å². The molecule has 7 nitrogen and oxygen atoms in total. The summed E-state index contributed by atoms with van der Waals surface area (Å²) in [7, 11) is 0. The van der Waals surface area contributed by atoms with Gasteiger partial charge in [0.2, 0.25) is 0 Å². The number of fused-ring (bicyclic) bond motifs is 1. The van der Waals surface area contributed by atoms with Crippen LogP contribution >= 0.6 is 11.6 Å². The van der Waals surface area contributed by atoms with Crippen molar-refractivity contribution in [1.82, 2.24) is 9.88 Å². The zero-order valence-electron chi connectivity index (χ0n) is 12.0. The number of nitrogens with two attached hydrogens (primary N) is 1. The molecule has 3 rings (SSSR count). The third kappa shape index (κ3) is 2.80. The number of amides is 2. The number of anilines is 1. The lowest BCUT2D eigenvalue weighted by atomic mass is 10.1. The molecule has 0 fully saturated rings. The molecule has 0 radical (unpaired) electrons. The molecule has 2 aromatic rings. The van der Waals surface area contributed by atoms with Crippen molar-refractivity contribution in [3.63, 3.8) is 0 Å². The van der Waals surface area contributed by atoms with E-state index in [0.717, 1.165) is 12.1 Å². The number of nitrogens with one attached hydrogen (secondary N) is 1. The van der Waals surface area contributed by atoms with Crippen molar-refractivity contribution in [3.8, 4) is 11.4 Å². The van der Waals surface area contributed by atoms with E-state index in [4.69, 9.17) is 17.3 Å². The van der Waals surface area contributed by atoms with E-state index >= 15 is 0 Å². The SMILES string of the molecule is Nc1c2c(cc(=O)n1-c1c(Cl)cccc1OC(F)(F)F)C(=O)NC2=O. The average Bonchev–Trinajstić information content (AvgIpc) is 2.74. The predicted molar refractivity (Wildman–Crippen MR) is 79.9 cm³/mol. The molecule has 0 saturated carbocycles. The van der Waals surface area contributed by atoms with E-state index in [9.17, 15) is 27.6 Å². The van der Waals surface area contributed by atoms with Gasteiger partial charge in [-0.1, -0.05) is 17.7 Å². The third-order valence-corrected chi connectivity index (χ3v) is 3.66. The molecule has 0 bridgehead atoms. The lowest BCUT2D eigenvalue weighted by Crippen LogP contribution is -2.26. The highest BCUT2D eigenvalue weighted by Gasteiger charge is 2.35. The van der Waals surface area contributed by atoms with E-state index in [1.165, 1.54) is 12.1 Å². The number of halogens is 4. The summed E-state index contributed by atoms with van der Waals surface area (Å²) in [5.41, 5.74) is 3.72. The summed E-state index contributed by atoms with van der Waals surface area (Å²) in [6.07, 6.45) is -5.05. The third-order valence-electron chi connectivity index (χ3n) is 3.35. The Balaban J connectivity index is 2.33. The van der Waals surface area contributed by atoms with Crippen LogP contribution in [0.2, 0.25) is 5.02 Å². The van der Waals surface area contributed by atoms with Crippen LogP contribution in [0.1, 0.15) is 20.7 Å². The lowest BCUT2D eigenvalue weighted by molar-refractivity contribution is -0.274. The predicted octanol–water partition coefficient (Wildman–Crippen LogP) is 1.86. The molecule has 2 amide bonds. The summed E-state index contributed by atoms with van der Waals surface area (Å²) in [5.74, 6) is -3.04. The number of carbonyl (C=O) groups excluding carboxylic acids is 2. The Labute approximate surface area is 141 Å². The Kier molecular flexibility index (Phi) is 3.72. The number of alkyl halides is 3. The summed E-state index contributed by atoms with van der Waals surface area (Å²) in [4.78, 5) is 35.8. The number of imide groups is 1. The number of rotatable bonds is 2. The highest BCUT2D eigenvalue weighted by Crippen LogP contribution is 2.35. The Morgan fingerprint density at radius 1 is 1.16 bits per heavy atom. The highest BCUT2D eigenvalue weighted by atomic mass is 35.5. The lowest BCUT2D eigenvalue weighted by Gasteiger charge is -2.18. The Morgan fingerprint density at radius 2 is 1.84 bits per heavy atom. The van der Waals surface area contributed by atoms with E-state index < -0.39 is 41.0 Å². The molecule has 25 heavy (non-hydrogen) atoms. The molecular weight excluding hydrogens is 367 g/mol. The zero-order chi connectivity index (χ0) is 18.5. The number of hydrogen-bond acceptors (Lipinski definition) is 5. The van der Waals surface area contributed by atoms with Gasteiger partial charge in [-0.25, -0.2) is 0 Å². The van der Waals surface area contributed by atoms with Gasteiger partial charge >= 0.3 is 6.36 Å². The van der Waals surface area contributed by atoms with Crippen molar-refractivity contribution in [2.45, 2.75) is 6.36 Å². The molecular formula is C14H7ClF3N3O4. The smallest absolute Gasteiger partial charge is 0.403 e. The minimum absolute atomic E-state index is 0.269. The van der Waals surface area contributed by atoms with Gasteiger partial charge < -0.3 is 10.5 Å². The molecule has 1 aliphatic rings. The number of nitrogen functional groups attached to an aromatic ring is 1. The van der Waals surface area contributed by atoms with Gasteiger partial charge in [0.05, 0.1) is 16.1 Å². The molecule has 0 spiro atoms. The summed E-state index contributed by atoms with van der Waals surface area (Å²) in [6, 6.07) is 4.11. The molecule has 0 aliphatic carbocycles. The van der Waals surface area contributed by atoms with Crippen LogP contribution < -0.4 is 21.3 Å². The van der Waals surface area contributed by atoms with Crippen LogP contribution in [0.4, 0.5) is 19.0 Å². The monoisotopic (exact) mass is 373 g/mol. The summed E-state index contributed by atoms with van der Waals surface area (Å²) in [5, 5.41) is 1.66. The van der Waals surface area contributed by atoms with Gasteiger partial charge in [0.25, 0.3) is 17.4 Å². The molecule has 11 heteroatoms. The minimum atomic E-state index is -5.05. The van der Waals surface area contributed by atoms with Gasteiger partial charge in [-0.3, -0.25) is 24.3 Å². The van der Waals surface area contributed by atoms with Crippen LogP contribution in [0, 0.1) is 0 Å². The number of nitrogens with zero attached hydrogens (tertiary/aromatic N) is 1. The first kappa shape index (κ1) is 16.8. The molecule has 0 atom stereocenters. The van der Waals surface area contributed by atoms with E-state index in [0.29, 0.717) is 4.57 Å². The van der Waals surface area contributed by atoms with Crippen LogP contribution in [0.5, 0.6) is 5.75 Å². The van der Waals surface area contributed by atoms with Crippen LogP contribution in [-0.2, 0) is 0 Å². The topological polar surface area (TPSA) is 103 Å². The van der Waals surface area contributed by atoms with Crippen LogP contribution in [0.15, 0.2) is 29.1 Å². The second-order valence-electron chi connectivity index (χ2n) is 4.91. The average molecular weight is 374 g/mol. The molecule has 3 N–H and O–H groups in total. The molecule has 2 heterocycles. The van der Waals surface area contributed by atoms with Gasteiger partial charge in [0.15, 0.2) is 5.75 Å². The number of para-hydroxylation sites is 1. The number of carbonyl (C=O) groups is 2. The van der Waals surface area contributed by atoms with Crippen molar-refractivity contribution in [1.29, 1.82) is 0 Å². The second-order valence-corrected chi connectivity index (χ2v) is 5.32. The number of hydrogen-bond donors (Lipinski definition) is 2. The molecule has 0 saturated heterocycles. The van der Waals surface area contributed by atoms with Gasteiger partial charge in [0.1, 0.15) is 11.5 Å². The zero-order valence-corrected chi connectivity index (χ0v) is 12.7. The Hall–Kier alpha value is -3.01. The van der Waals surface area contributed by atoms with Crippen molar-refractivity contribution in [2.75, 3.05) is 5.73 Å². The van der Waals surface area contributed by atoms with Crippen molar-refractivity contribution < 1.29 is 27.5 Å². The number of aromatic nitrogens is 1. The van der Waals surface area contributed by atoms with Gasteiger partial charge in [-0.05, 0) is 12.1 Å². The van der Waals surface area contributed by atoms with Crippen LogP contribution in [-0.4, -0.2) is 22.7 Å². The first-order chi connectivity index (χ1) is 11.6. The maximum atomic E-state index is 12.6. The second kappa shape index (κ2) is 5.52. The molecule has 0 unspecified atom stereocenters. The number of ether oxygens (including phenoxy) is 1. The Bertz CT molecular complexity index is 985. The van der Waals surface area contributed by atoms with Crippen molar-refractivity contribution >= 4 is 29.2 Å². The summed E-state index contributed by atoms with van der Waals surface area (Å²) >= 11 is 5.92. The van der Waals surface area contributed by atoms with Gasteiger partial charge in [-0.2, -0.15) is 0 Å². The quantitative estimate of drug-likeness (QED) is 0.782. The first-order valence-electron chi connectivity index (χ1n) is 6.56. The number of benzene rings is 1. The van der Waals surface area contributed by atoms with E-state index in [2.05, 4.69) is 4.74 Å². The van der Waals surface area contributed by atoms with Crippen molar-refractivity contribution in [2.24, 2.45) is 0 Å². The molecule has 1 aromatic carbocycles. The number of pyridine rings is 1. The largest absolute Gasteiger partial charge is 0.573 e. The maximum absolute atomic E-state index is 12.6. The highest BCUT2D eigenvalue weighted by molar-refractivity contribution is 6.32. The van der Waals surface area contributed by atoms with Crippen LogP contribution in [0.3, 0.4) is 0 Å². The fraction of sp³-hybridized carbons (Fsp3) is 0.0714. The summed E-state index contributed by atoms with van der Waals surface area (Å²) < 4.78 is 42.3. The normalized spacial score (nSPS) is 13.6. The molecule has 1 aliphatic heterocycles. The fourth-order valence-corrected chi connectivity index (χ4v) is 2.68. The van der Waals surface area contributed by atoms with E-state index in [1.54, 1.807) is 0 Å². The Morgan fingerprint density at radius 3 is 2.48 bits per heavy atom. The minimum Gasteiger partial charge on any atom is -0.403 e. The molecule has 1 aromatic heterocycles. The maximum Gasteiger partial charge on any atom is 0.573 e. The van der Waals surface area contributed by atoms with Crippen LogP contribution in [0.25, 0.3) is 5.69 Å². The summed E-state index contributed by atoms with van der Waals surface area (Å²) in [6.45, 7) is 0. The van der Waals surface area contributed by atoms with Crippen molar-refractivity contribution in [3.05, 3.63) is 50.8 Å².